The molecular formula is C19H22N2O4S. The molecule has 2 aromatic carbocycles. The van der Waals surface area contributed by atoms with Gasteiger partial charge in [0.15, 0.2) is 0 Å². The van der Waals surface area contributed by atoms with E-state index in [1.807, 2.05) is 43.3 Å². The predicted molar refractivity (Wildman–Crippen MR) is 99.6 cm³/mol. The number of hydrogen-bond donors (Lipinski definition) is 1. The summed E-state index contributed by atoms with van der Waals surface area (Å²) in [5.41, 5.74) is 2.35. The van der Waals surface area contributed by atoms with E-state index in [1.165, 1.54) is 0 Å². The fourth-order valence-corrected chi connectivity index (χ4v) is 4.28. The molecule has 1 heterocycles. The zero-order chi connectivity index (χ0) is 18.7. The lowest BCUT2D eigenvalue weighted by Crippen LogP contribution is -2.50. The Balaban J connectivity index is 1.69. The maximum atomic E-state index is 12.6. The SMILES string of the molecule is Cc1ccc(C)c(S(=O)(=O)NCC2CN(c3ccccc3)C(=O)CO2)c1. The molecule has 1 aliphatic heterocycles. The molecule has 0 bridgehead atoms. The maximum absolute atomic E-state index is 12.6. The van der Waals surface area contributed by atoms with E-state index in [2.05, 4.69) is 4.72 Å². The van der Waals surface area contributed by atoms with Gasteiger partial charge in [0.05, 0.1) is 17.5 Å². The van der Waals surface area contributed by atoms with Crippen LogP contribution in [0.2, 0.25) is 0 Å². The average molecular weight is 374 g/mol. The van der Waals surface area contributed by atoms with Crippen LogP contribution in [-0.4, -0.2) is 40.1 Å². The Hall–Kier alpha value is -2.22. The van der Waals surface area contributed by atoms with E-state index in [0.717, 1.165) is 11.3 Å². The van der Waals surface area contributed by atoms with Crippen LogP contribution < -0.4 is 9.62 Å². The number of sulfonamides is 1. The summed E-state index contributed by atoms with van der Waals surface area (Å²) in [5, 5.41) is 0. The molecule has 0 aliphatic carbocycles. The van der Waals surface area contributed by atoms with Gasteiger partial charge in [-0.05, 0) is 43.2 Å². The molecule has 1 amide bonds. The van der Waals surface area contributed by atoms with Crippen LogP contribution in [0.5, 0.6) is 0 Å². The highest BCUT2D eigenvalue weighted by molar-refractivity contribution is 7.89. The molecule has 7 heteroatoms. The number of para-hydroxylation sites is 1. The molecule has 0 saturated carbocycles. The highest BCUT2D eigenvalue weighted by Gasteiger charge is 2.28. The average Bonchev–Trinajstić information content (AvgIpc) is 2.63. The van der Waals surface area contributed by atoms with Crippen molar-refractivity contribution in [2.75, 3.05) is 24.6 Å². The number of hydrogen-bond acceptors (Lipinski definition) is 4. The number of amides is 1. The van der Waals surface area contributed by atoms with Crippen LogP contribution in [0.4, 0.5) is 5.69 Å². The minimum Gasteiger partial charge on any atom is -0.365 e. The predicted octanol–water partition coefficient (Wildman–Crippen LogP) is 2.01. The van der Waals surface area contributed by atoms with Gasteiger partial charge in [-0.25, -0.2) is 13.1 Å². The molecule has 3 rings (SSSR count). The maximum Gasteiger partial charge on any atom is 0.253 e. The zero-order valence-electron chi connectivity index (χ0n) is 14.8. The van der Waals surface area contributed by atoms with Crippen LogP contribution in [0.15, 0.2) is 53.4 Å². The molecule has 6 nitrogen and oxygen atoms in total. The highest BCUT2D eigenvalue weighted by Crippen LogP contribution is 2.19. The van der Waals surface area contributed by atoms with Gasteiger partial charge in [-0.2, -0.15) is 0 Å². The number of rotatable bonds is 5. The summed E-state index contributed by atoms with van der Waals surface area (Å²) < 4.78 is 33.4. The van der Waals surface area contributed by atoms with E-state index in [4.69, 9.17) is 4.74 Å². The van der Waals surface area contributed by atoms with Crippen LogP contribution in [0.1, 0.15) is 11.1 Å². The number of morpholine rings is 1. The van der Waals surface area contributed by atoms with E-state index in [0.29, 0.717) is 12.1 Å². The quantitative estimate of drug-likeness (QED) is 0.869. The summed E-state index contributed by atoms with van der Waals surface area (Å²) in [4.78, 5) is 14.0. The summed E-state index contributed by atoms with van der Waals surface area (Å²) in [7, 11) is -3.64. The number of carbonyl (C=O) groups is 1. The second-order valence-electron chi connectivity index (χ2n) is 6.39. The second-order valence-corrected chi connectivity index (χ2v) is 8.13. The monoisotopic (exact) mass is 374 g/mol. The first kappa shape index (κ1) is 18.6. The topological polar surface area (TPSA) is 75.7 Å². The van der Waals surface area contributed by atoms with E-state index in [1.54, 1.807) is 24.0 Å². The lowest BCUT2D eigenvalue weighted by Gasteiger charge is -2.32. The van der Waals surface area contributed by atoms with Gasteiger partial charge in [0, 0.05) is 12.2 Å². The van der Waals surface area contributed by atoms with Gasteiger partial charge in [0.25, 0.3) is 5.91 Å². The van der Waals surface area contributed by atoms with Gasteiger partial charge in [0.1, 0.15) is 6.61 Å². The highest BCUT2D eigenvalue weighted by atomic mass is 32.2. The summed E-state index contributed by atoms with van der Waals surface area (Å²) in [6.07, 6.45) is -0.409. The van der Waals surface area contributed by atoms with Crippen LogP contribution in [0.3, 0.4) is 0 Å². The molecule has 0 spiro atoms. The molecule has 0 radical (unpaired) electrons. The number of aryl methyl sites for hydroxylation is 2. The number of nitrogens with one attached hydrogen (secondary N) is 1. The van der Waals surface area contributed by atoms with E-state index >= 15 is 0 Å². The second kappa shape index (κ2) is 7.57. The fourth-order valence-electron chi connectivity index (χ4n) is 2.88. The molecule has 138 valence electrons. The standard InChI is InChI=1S/C19H22N2O4S/c1-14-8-9-15(2)18(10-14)26(23,24)20-11-17-12-21(19(22)13-25-17)16-6-4-3-5-7-16/h3-10,17,20H,11-13H2,1-2H3. The van der Waals surface area contributed by atoms with Crippen molar-refractivity contribution >= 4 is 21.6 Å². The van der Waals surface area contributed by atoms with Crippen molar-refractivity contribution in [2.45, 2.75) is 24.8 Å². The molecule has 1 unspecified atom stereocenters. The first-order valence-electron chi connectivity index (χ1n) is 8.41. The summed E-state index contributed by atoms with van der Waals surface area (Å²) >= 11 is 0. The van der Waals surface area contributed by atoms with Crippen LogP contribution in [-0.2, 0) is 19.6 Å². The number of ether oxygens (including phenoxy) is 1. The Morgan fingerprint density at radius 2 is 1.88 bits per heavy atom. The summed E-state index contributed by atoms with van der Waals surface area (Å²) in [6.45, 7) is 3.96. The van der Waals surface area contributed by atoms with Crippen molar-refractivity contribution in [3.8, 4) is 0 Å². The lowest BCUT2D eigenvalue weighted by molar-refractivity contribution is -0.129. The minimum absolute atomic E-state index is 0.0647. The molecule has 2 aromatic rings. The first-order chi connectivity index (χ1) is 12.4. The van der Waals surface area contributed by atoms with Crippen molar-refractivity contribution in [1.82, 2.24) is 4.72 Å². The minimum atomic E-state index is -3.64. The molecule has 1 saturated heterocycles. The number of carbonyl (C=O) groups excluding carboxylic acids is 1. The van der Waals surface area contributed by atoms with Gasteiger partial charge in [0.2, 0.25) is 10.0 Å². The fraction of sp³-hybridized carbons (Fsp3) is 0.316. The third kappa shape index (κ3) is 4.12. The summed E-state index contributed by atoms with van der Waals surface area (Å²) in [6, 6.07) is 14.6. The van der Waals surface area contributed by atoms with Gasteiger partial charge in [-0.15, -0.1) is 0 Å². The Bertz CT molecular complexity index is 897. The Labute approximate surface area is 153 Å². The van der Waals surface area contributed by atoms with Crippen molar-refractivity contribution in [3.63, 3.8) is 0 Å². The Morgan fingerprint density at radius 1 is 1.15 bits per heavy atom. The zero-order valence-corrected chi connectivity index (χ0v) is 15.6. The van der Waals surface area contributed by atoms with Crippen molar-refractivity contribution in [2.24, 2.45) is 0 Å². The first-order valence-corrected chi connectivity index (χ1v) is 9.89. The van der Waals surface area contributed by atoms with Crippen molar-refractivity contribution in [3.05, 3.63) is 59.7 Å². The van der Waals surface area contributed by atoms with Gasteiger partial charge in [-0.1, -0.05) is 30.3 Å². The van der Waals surface area contributed by atoms with Crippen molar-refractivity contribution < 1.29 is 17.9 Å². The number of anilines is 1. The van der Waals surface area contributed by atoms with Crippen molar-refractivity contribution in [1.29, 1.82) is 0 Å². The Kier molecular flexibility index (Phi) is 5.41. The van der Waals surface area contributed by atoms with E-state index in [-0.39, 0.29) is 24.0 Å². The smallest absolute Gasteiger partial charge is 0.253 e. The number of benzene rings is 2. The van der Waals surface area contributed by atoms with Gasteiger partial charge >= 0.3 is 0 Å². The third-order valence-electron chi connectivity index (χ3n) is 4.33. The Morgan fingerprint density at radius 3 is 2.62 bits per heavy atom. The van der Waals surface area contributed by atoms with Crippen LogP contribution in [0.25, 0.3) is 0 Å². The van der Waals surface area contributed by atoms with Crippen LogP contribution >= 0.6 is 0 Å². The number of nitrogens with zero attached hydrogens (tertiary/aromatic N) is 1. The largest absolute Gasteiger partial charge is 0.365 e. The molecule has 0 aromatic heterocycles. The molecule has 1 atom stereocenters. The van der Waals surface area contributed by atoms with E-state index in [9.17, 15) is 13.2 Å². The van der Waals surface area contributed by atoms with Gasteiger partial charge in [-0.3, -0.25) is 4.79 Å². The molecule has 26 heavy (non-hydrogen) atoms. The normalized spacial score (nSPS) is 18.2. The van der Waals surface area contributed by atoms with Crippen LogP contribution in [0, 0.1) is 13.8 Å². The third-order valence-corrected chi connectivity index (χ3v) is 5.90. The van der Waals surface area contributed by atoms with Gasteiger partial charge < -0.3 is 9.64 Å². The molecule has 1 N–H and O–H groups in total. The lowest BCUT2D eigenvalue weighted by atomic mass is 10.2. The summed E-state index contributed by atoms with van der Waals surface area (Å²) in [5.74, 6) is -0.134. The van der Waals surface area contributed by atoms with E-state index < -0.39 is 16.1 Å². The molecular weight excluding hydrogens is 352 g/mol. The molecule has 1 fully saturated rings. The molecule has 1 aliphatic rings.